The molecule has 0 radical (unpaired) electrons. The quantitative estimate of drug-likeness (QED) is 0.173. The van der Waals surface area contributed by atoms with Gasteiger partial charge in [0.25, 0.3) is 10.0 Å². The summed E-state index contributed by atoms with van der Waals surface area (Å²) in [5, 5.41) is 3.05. The number of hydrogen-bond acceptors (Lipinski definition) is 5. The van der Waals surface area contributed by atoms with Crippen LogP contribution in [0, 0.1) is 13.8 Å². The normalized spacial score (nSPS) is 12.2. The molecule has 0 bridgehead atoms. The van der Waals surface area contributed by atoms with Gasteiger partial charge >= 0.3 is 0 Å². The number of anilines is 1. The molecule has 4 aromatic rings. The van der Waals surface area contributed by atoms with Crippen molar-refractivity contribution in [1.29, 1.82) is 0 Å². The average molecular weight is 721 g/mol. The van der Waals surface area contributed by atoms with Crippen LogP contribution in [0.25, 0.3) is 0 Å². The van der Waals surface area contributed by atoms with E-state index in [0.717, 1.165) is 31.0 Å². The first-order valence-electron chi connectivity index (χ1n) is 15.3. The maximum Gasteiger partial charge on any atom is 0.264 e. The van der Waals surface area contributed by atoms with E-state index in [0.29, 0.717) is 5.75 Å². The number of benzene rings is 4. The number of methoxy groups -OCH3 is 1. The number of hydrogen-bond donors (Lipinski definition) is 1. The van der Waals surface area contributed by atoms with Crippen LogP contribution in [-0.4, -0.2) is 50.4 Å². The summed E-state index contributed by atoms with van der Waals surface area (Å²) in [5.74, 6) is -0.594. The third-order valence-electron chi connectivity index (χ3n) is 7.50. The van der Waals surface area contributed by atoms with Crippen LogP contribution in [0.1, 0.15) is 43.0 Å². The predicted octanol–water partition coefficient (Wildman–Crippen LogP) is 6.82. The zero-order chi connectivity index (χ0) is 34.4. The van der Waals surface area contributed by atoms with Crippen molar-refractivity contribution >= 4 is 43.5 Å². The molecule has 2 amide bonds. The second kappa shape index (κ2) is 15.2. The Balaban J connectivity index is 1.87. The zero-order valence-electron chi connectivity index (χ0n) is 27.7. The number of sulfonamides is 1. The molecule has 10 heteroatoms. The minimum absolute atomic E-state index is 0.0318. The maximum absolute atomic E-state index is 14.7. The highest BCUT2D eigenvalue weighted by atomic mass is 79.9. The molecular formula is C37H42BrN3O5S. The monoisotopic (exact) mass is 719 g/mol. The number of carbonyl (C=O) groups excluding carboxylic acids is 2. The van der Waals surface area contributed by atoms with E-state index >= 15 is 0 Å². The number of carbonyl (C=O) groups is 2. The van der Waals surface area contributed by atoms with Crippen LogP contribution in [0.5, 0.6) is 5.75 Å². The van der Waals surface area contributed by atoms with Crippen LogP contribution in [0.2, 0.25) is 0 Å². The van der Waals surface area contributed by atoms with Crippen LogP contribution >= 0.6 is 15.9 Å². The van der Waals surface area contributed by atoms with Crippen molar-refractivity contribution in [2.45, 2.75) is 64.1 Å². The Morgan fingerprint density at radius 1 is 0.851 bits per heavy atom. The molecule has 4 aromatic carbocycles. The van der Waals surface area contributed by atoms with Crippen molar-refractivity contribution in [2.24, 2.45) is 0 Å². The molecule has 8 nitrogen and oxygen atoms in total. The number of aryl methyl sites for hydroxylation is 2. The Hall–Kier alpha value is -4.15. The SMILES string of the molecule is COc1ccc(C)cc1N(CC(=O)N(Cc1cccc(Br)c1)[C@H](Cc1ccccc1)C(=O)NC(C)(C)C)S(=O)(=O)c1ccc(C)cc1. The number of nitrogens with zero attached hydrogens (tertiary/aromatic N) is 2. The Morgan fingerprint density at radius 2 is 1.49 bits per heavy atom. The molecule has 0 aliphatic rings. The van der Waals surface area contributed by atoms with Gasteiger partial charge in [0.15, 0.2) is 0 Å². The molecule has 248 valence electrons. The lowest BCUT2D eigenvalue weighted by molar-refractivity contribution is -0.140. The Bertz CT molecular complexity index is 1810. The summed E-state index contributed by atoms with van der Waals surface area (Å²) < 4.78 is 36.3. The van der Waals surface area contributed by atoms with E-state index in [4.69, 9.17) is 4.74 Å². The Morgan fingerprint density at radius 3 is 2.11 bits per heavy atom. The van der Waals surface area contributed by atoms with E-state index in [1.54, 1.807) is 24.3 Å². The summed E-state index contributed by atoms with van der Waals surface area (Å²) in [5.41, 5.74) is 2.96. The molecule has 0 aliphatic carbocycles. The van der Waals surface area contributed by atoms with E-state index in [1.165, 1.54) is 24.1 Å². The van der Waals surface area contributed by atoms with Gasteiger partial charge in [0.1, 0.15) is 18.3 Å². The van der Waals surface area contributed by atoms with Crippen molar-refractivity contribution in [1.82, 2.24) is 10.2 Å². The lowest BCUT2D eigenvalue weighted by Crippen LogP contribution is -2.56. The highest BCUT2D eigenvalue weighted by molar-refractivity contribution is 9.10. The molecule has 0 aromatic heterocycles. The fourth-order valence-electron chi connectivity index (χ4n) is 5.18. The number of amides is 2. The van der Waals surface area contributed by atoms with Crippen molar-refractivity contribution in [3.05, 3.63) is 124 Å². The lowest BCUT2D eigenvalue weighted by atomic mass is 10.0. The van der Waals surface area contributed by atoms with Crippen molar-refractivity contribution in [2.75, 3.05) is 18.0 Å². The molecule has 0 saturated heterocycles. The molecule has 0 saturated carbocycles. The van der Waals surface area contributed by atoms with Gasteiger partial charge in [-0.05, 0) is 87.7 Å². The van der Waals surface area contributed by atoms with Gasteiger partial charge in [-0.25, -0.2) is 8.42 Å². The molecule has 0 spiro atoms. The van der Waals surface area contributed by atoms with Crippen molar-refractivity contribution in [3.63, 3.8) is 0 Å². The first kappa shape index (κ1) is 35.7. The van der Waals surface area contributed by atoms with Gasteiger partial charge in [0.05, 0.1) is 17.7 Å². The minimum Gasteiger partial charge on any atom is -0.495 e. The summed E-state index contributed by atoms with van der Waals surface area (Å²) >= 11 is 3.51. The fourth-order valence-corrected chi connectivity index (χ4v) is 7.05. The topological polar surface area (TPSA) is 96.0 Å². The number of halogens is 1. The molecule has 47 heavy (non-hydrogen) atoms. The molecule has 4 rings (SSSR count). The summed E-state index contributed by atoms with van der Waals surface area (Å²) in [7, 11) is -2.81. The van der Waals surface area contributed by atoms with Crippen LogP contribution in [0.4, 0.5) is 5.69 Å². The number of nitrogens with one attached hydrogen (secondary N) is 1. The number of rotatable bonds is 12. The molecule has 1 N–H and O–H groups in total. The van der Waals surface area contributed by atoms with Crippen molar-refractivity contribution in [3.8, 4) is 5.75 Å². The second-order valence-corrected chi connectivity index (χ2v) is 15.4. The van der Waals surface area contributed by atoms with Gasteiger partial charge in [-0.1, -0.05) is 82.2 Å². The smallest absolute Gasteiger partial charge is 0.264 e. The zero-order valence-corrected chi connectivity index (χ0v) is 30.1. The average Bonchev–Trinajstić information content (AvgIpc) is 3.01. The van der Waals surface area contributed by atoms with Crippen LogP contribution < -0.4 is 14.4 Å². The summed E-state index contributed by atoms with van der Waals surface area (Å²) in [6.45, 7) is 8.85. The van der Waals surface area contributed by atoms with Gasteiger partial charge in [-0.2, -0.15) is 0 Å². The largest absolute Gasteiger partial charge is 0.495 e. The van der Waals surface area contributed by atoms with E-state index in [9.17, 15) is 18.0 Å². The first-order valence-corrected chi connectivity index (χ1v) is 17.5. The first-order chi connectivity index (χ1) is 22.2. The van der Waals surface area contributed by atoms with Crippen LogP contribution in [-0.2, 0) is 32.6 Å². The maximum atomic E-state index is 14.7. The molecular weight excluding hydrogens is 678 g/mol. The standard InChI is InChI=1S/C37H42BrN3O5S/c1-26-15-18-31(19-16-26)47(44,45)41(32-21-27(2)17-20-34(32)46-6)25-35(42)40(24-29-13-10-14-30(38)22-29)33(36(43)39-37(3,4)5)23-28-11-8-7-9-12-28/h7-22,33H,23-25H2,1-6H3,(H,39,43)/t33-/m1/s1. The molecule has 0 heterocycles. The fraction of sp³-hybridized carbons (Fsp3) is 0.297. The van der Waals surface area contributed by atoms with Gasteiger partial charge in [0.2, 0.25) is 11.8 Å². The van der Waals surface area contributed by atoms with Gasteiger partial charge in [-0.3, -0.25) is 13.9 Å². The van der Waals surface area contributed by atoms with Crippen LogP contribution in [0.15, 0.2) is 106 Å². The van der Waals surface area contributed by atoms with Crippen LogP contribution in [0.3, 0.4) is 0 Å². The second-order valence-electron chi connectivity index (χ2n) is 12.6. The number of ether oxygens (including phenoxy) is 1. The van der Waals surface area contributed by atoms with E-state index in [2.05, 4.69) is 21.2 Å². The van der Waals surface area contributed by atoms with Gasteiger partial charge < -0.3 is 15.0 Å². The van der Waals surface area contributed by atoms with E-state index < -0.39 is 34.1 Å². The summed E-state index contributed by atoms with van der Waals surface area (Å²) in [6, 6.07) is 27.7. The molecule has 0 aliphatic heterocycles. The van der Waals surface area contributed by atoms with E-state index in [1.807, 2.05) is 95.3 Å². The summed E-state index contributed by atoms with van der Waals surface area (Å²) in [6.07, 6.45) is 0.223. The third-order valence-corrected chi connectivity index (χ3v) is 9.77. The molecule has 1 atom stereocenters. The van der Waals surface area contributed by atoms with Gasteiger partial charge in [-0.15, -0.1) is 0 Å². The predicted molar refractivity (Wildman–Crippen MR) is 190 cm³/mol. The highest BCUT2D eigenvalue weighted by Crippen LogP contribution is 2.34. The molecule has 0 unspecified atom stereocenters. The third kappa shape index (κ3) is 9.45. The minimum atomic E-state index is -4.26. The van der Waals surface area contributed by atoms with Crippen molar-refractivity contribution < 1.29 is 22.7 Å². The molecule has 0 fully saturated rings. The van der Waals surface area contributed by atoms with Gasteiger partial charge in [0, 0.05) is 23.0 Å². The highest BCUT2D eigenvalue weighted by Gasteiger charge is 2.36. The Kier molecular flexibility index (Phi) is 11.5. The lowest BCUT2D eigenvalue weighted by Gasteiger charge is -2.35. The van der Waals surface area contributed by atoms with E-state index in [-0.39, 0.29) is 29.5 Å². The summed E-state index contributed by atoms with van der Waals surface area (Å²) in [4.78, 5) is 30.3. The Labute approximate surface area is 286 Å².